The normalized spacial score (nSPS) is 11.0. The van der Waals surface area contributed by atoms with E-state index in [-0.39, 0.29) is 0 Å². The van der Waals surface area contributed by atoms with Crippen LogP contribution in [0.15, 0.2) is 24.3 Å². The Labute approximate surface area is 99.7 Å². The number of aryl methyl sites for hydroxylation is 1. The van der Waals surface area contributed by atoms with Gasteiger partial charge in [-0.1, -0.05) is 38.1 Å². The average molecular weight is 220 g/mol. The molecule has 1 aromatic rings. The van der Waals surface area contributed by atoms with Crippen molar-refractivity contribution in [1.82, 2.24) is 10.2 Å². The molecule has 0 atom stereocenters. The molecule has 1 N–H and O–H groups in total. The van der Waals surface area contributed by atoms with Crippen molar-refractivity contribution < 1.29 is 0 Å². The maximum atomic E-state index is 3.34. The second-order valence-corrected chi connectivity index (χ2v) is 4.26. The Morgan fingerprint density at radius 2 is 1.69 bits per heavy atom. The number of hydrogen-bond donors (Lipinski definition) is 1. The van der Waals surface area contributed by atoms with Crippen molar-refractivity contribution >= 4 is 0 Å². The van der Waals surface area contributed by atoms with Crippen molar-refractivity contribution in [3.05, 3.63) is 35.4 Å². The topological polar surface area (TPSA) is 15.3 Å². The lowest BCUT2D eigenvalue weighted by molar-refractivity contribution is 0.325. The molecular formula is C14H24N2. The molecule has 0 aliphatic carbocycles. The second-order valence-electron chi connectivity index (χ2n) is 4.26. The van der Waals surface area contributed by atoms with E-state index in [0.717, 1.165) is 32.6 Å². The zero-order valence-corrected chi connectivity index (χ0v) is 10.8. The minimum atomic E-state index is 1.04. The van der Waals surface area contributed by atoms with Crippen molar-refractivity contribution in [2.45, 2.75) is 26.8 Å². The zero-order chi connectivity index (χ0) is 11.8. The summed E-state index contributed by atoms with van der Waals surface area (Å²) >= 11 is 0. The van der Waals surface area contributed by atoms with Crippen LogP contribution in [0.5, 0.6) is 0 Å². The number of benzene rings is 1. The van der Waals surface area contributed by atoms with Gasteiger partial charge in [0.25, 0.3) is 0 Å². The van der Waals surface area contributed by atoms with E-state index in [1.54, 1.807) is 0 Å². The second kappa shape index (κ2) is 7.42. The molecule has 2 nitrogen and oxygen atoms in total. The maximum Gasteiger partial charge on any atom is 0.0231 e. The van der Waals surface area contributed by atoms with Crippen molar-refractivity contribution in [2.75, 3.05) is 26.7 Å². The molecule has 0 amide bonds. The summed E-state index contributed by atoms with van der Waals surface area (Å²) in [5, 5.41) is 3.34. The van der Waals surface area contributed by atoms with E-state index < -0.39 is 0 Å². The molecule has 0 unspecified atom stereocenters. The van der Waals surface area contributed by atoms with Gasteiger partial charge in [0.2, 0.25) is 0 Å². The third-order valence-corrected chi connectivity index (χ3v) is 2.80. The minimum Gasteiger partial charge on any atom is -0.316 e. The smallest absolute Gasteiger partial charge is 0.0231 e. The number of nitrogens with zero attached hydrogens (tertiary/aromatic N) is 1. The number of nitrogens with one attached hydrogen (secondary N) is 1. The molecule has 0 bridgehead atoms. The molecule has 2 heteroatoms. The van der Waals surface area contributed by atoms with E-state index in [2.05, 4.69) is 55.4 Å². The Balaban J connectivity index is 2.34. The van der Waals surface area contributed by atoms with Gasteiger partial charge in [0.05, 0.1) is 0 Å². The van der Waals surface area contributed by atoms with Crippen LogP contribution in [0.2, 0.25) is 0 Å². The lowest BCUT2D eigenvalue weighted by Crippen LogP contribution is -2.28. The lowest BCUT2D eigenvalue weighted by Gasteiger charge is -2.16. The molecule has 0 aromatic heterocycles. The van der Waals surface area contributed by atoms with E-state index in [4.69, 9.17) is 0 Å². The van der Waals surface area contributed by atoms with Crippen LogP contribution in [0.25, 0.3) is 0 Å². The van der Waals surface area contributed by atoms with Crippen LogP contribution in [0, 0.1) is 0 Å². The van der Waals surface area contributed by atoms with Crippen LogP contribution in [0.4, 0.5) is 0 Å². The fourth-order valence-corrected chi connectivity index (χ4v) is 1.72. The van der Waals surface area contributed by atoms with E-state index in [0.29, 0.717) is 0 Å². The Morgan fingerprint density at radius 3 is 2.25 bits per heavy atom. The van der Waals surface area contributed by atoms with Gasteiger partial charge < -0.3 is 10.2 Å². The van der Waals surface area contributed by atoms with E-state index in [1.165, 1.54) is 11.1 Å². The summed E-state index contributed by atoms with van der Waals surface area (Å²) in [7, 11) is 2.17. The minimum absolute atomic E-state index is 1.04. The van der Waals surface area contributed by atoms with Gasteiger partial charge in [-0.15, -0.1) is 0 Å². The highest BCUT2D eigenvalue weighted by Gasteiger charge is 1.99. The Morgan fingerprint density at radius 1 is 1.06 bits per heavy atom. The van der Waals surface area contributed by atoms with Gasteiger partial charge in [-0.05, 0) is 31.1 Å². The lowest BCUT2D eigenvalue weighted by atomic mass is 10.1. The third kappa shape index (κ3) is 4.77. The average Bonchev–Trinajstić information content (AvgIpc) is 2.30. The Bertz CT molecular complexity index is 279. The molecule has 0 fully saturated rings. The molecular weight excluding hydrogens is 196 g/mol. The summed E-state index contributed by atoms with van der Waals surface area (Å²) in [6.45, 7) is 8.60. The van der Waals surface area contributed by atoms with E-state index >= 15 is 0 Å². The SMILES string of the molecule is CCNCCN(C)Cc1ccc(CC)cc1. The van der Waals surface area contributed by atoms with Crippen LogP contribution in [0.1, 0.15) is 25.0 Å². The predicted octanol–water partition coefficient (Wildman–Crippen LogP) is 2.29. The monoisotopic (exact) mass is 220 g/mol. The molecule has 0 aliphatic rings. The van der Waals surface area contributed by atoms with Crippen LogP contribution in [-0.4, -0.2) is 31.6 Å². The van der Waals surface area contributed by atoms with Gasteiger partial charge in [-0.2, -0.15) is 0 Å². The van der Waals surface area contributed by atoms with Crippen LogP contribution >= 0.6 is 0 Å². The number of hydrogen-bond acceptors (Lipinski definition) is 2. The third-order valence-electron chi connectivity index (χ3n) is 2.80. The van der Waals surface area contributed by atoms with Crippen molar-refractivity contribution in [2.24, 2.45) is 0 Å². The molecule has 0 aliphatic heterocycles. The quantitative estimate of drug-likeness (QED) is 0.709. The van der Waals surface area contributed by atoms with Crippen LogP contribution in [-0.2, 0) is 13.0 Å². The fourth-order valence-electron chi connectivity index (χ4n) is 1.72. The van der Waals surface area contributed by atoms with Gasteiger partial charge in [-0.3, -0.25) is 0 Å². The predicted molar refractivity (Wildman–Crippen MR) is 70.7 cm³/mol. The van der Waals surface area contributed by atoms with Gasteiger partial charge in [0.1, 0.15) is 0 Å². The summed E-state index contributed by atoms with van der Waals surface area (Å²) in [5.74, 6) is 0. The van der Waals surface area contributed by atoms with Crippen molar-refractivity contribution in [3.63, 3.8) is 0 Å². The fraction of sp³-hybridized carbons (Fsp3) is 0.571. The van der Waals surface area contributed by atoms with Crippen molar-refractivity contribution in [3.8, 4) is 0 Å². The van der Waals surface area contributed by atoms with Crippen LogP contribution in [0.3, 0.4) is 0 Å². The first-order valence-electron chi connectivity index (χ1n) is 6.23. The standard InChI is InChI=1S/C14H24N2/c1-4-13-6-8-14(9-7-13)12-16(3)11-10-15-5-2/h6-9,15H,4-5,10-12H2,1-3H3. The Hall–Kier alpha value is -0.860. The first kappa shape index (κ1) is 13.2. The van der Waals surface area contributed by atoms with Gasteiger partial charge in [0, 0.05) is 19.6 Å². The van der Waals surface area contributed by atoms with E-state index in [9.17, 15) is 0 Å². The van der Waals surface area contributed by atoms with Gasteiger partial charge in [0.15, 0.2) is 0 Å². The van der Waals surface area contributed by atoms with Crippen LogP contribution < -0.4 is 5.32 Å². The summed E-state index contributed by atoms with van der Waals surface area (Å²) in [6.07, 6.45) is 1.12. The molecule has 1 rings (SSSR count). The highest BCUT2D eigenvalue weighted by molar-refractivity contribution is 5.22. The van der Waals surface area contributed by atoms with Crippen molar-refractivity contribution in [1.29, 1.82) is 0 Å². The summed E-state index contributed by atoms with van der Waals surface area (Å²) < 4.78 is 0. The first-order chi connectivity index (χ1) is 7.76. The highest BCUT2D eigenvalue weighted by Crippen LogP contribution is 2.06. The molecule has 90 valence electrons. The largest absolute Gasteiger partial charge is 0.316 e. The summed E-state index contributed by atoms with van der Waals surface area (Å²) in [6, 6.07) is 8.94. The van der Waals surface area contributed by atoms with Gasteiger partial charge in [-0.25, -0.2) is 0 Å². The molecule has 0 saturated carbocycles. The zero-order valence-electron chi connectivity index (χ0n) is 10.8. The van der Waals surface area contributed by atoms with E-state index in [1.807, 2.05) is 0 Å². The molecule has 1 aromatic carbocycles. The maximum absolute atomic E-state index is 3.34. The number of likely N-dealkylation sites (N-methyl/N-ethyl adjacent to an activating group) is 2. The first-order valence-corrected chi connectivity index (χ1v) is 6.23. The molecule has 16 heavy (non-hydrogen) atoms. The highest BCUT2D eigenvalue weighted by atomic mass is 15.1. The molecule has 0 spiro atoms. The number of rotatable bonds is 7. The molecule has 0 radical (unpaired) electrons. The summed E-state index contributed by atoms with van der Waals surface area (Å²) in [4.78, 5) is 2.35. The Kier molecular flexibility index (Phi) is 6.12. The molecule has 0 saturated heterocycles. The summed E-state index contributed by atoms with van der Waals surface area (Å²) in [5.41, 5.74) is 2.82. The molecule has 0 heterocycles. The van der Waals surface area contributed by atoms with Gasteiger partial charge >= 0.3 is 0 Å².